The molecule has 10 atom stereocenters. The number of carbonyl (C=O) groups excluding carboxylic acids is 10. The topological polar surface area (TPSA) is 346 Å². The predicted molar refractivity (Wildman–Crippen MR) is 283 cm³/mol. The zero-order chi connectivity index (χ0) is 56.3. The molecule has 422 valence electrons. The summed E-state index contributed by atoms with van der Waals surface area (Å²) in [7, 11) is 0. The molecule has 0 aliphatic carbocycles. The number of aliphatic hydroxyl groups is 3. The van der Waals surface area contributed by atoms with Crippen LogP contribution in [0.4, 0.5) is 0 Å². The van der Waals surface area contributed by atoms with Crippen LogP contribution in [0, 0.1) is 36.0 Å². The molecule has 7 amide bonds. The van der Waals surface area contributed by atoms with Crippen LogP contribution >= 0.6 is 11.8 Å². The lowest BCUT2D eigenvalue weighted by Crippen LogP contribution is -2.56. The molecule has 1 aromatic heterocycles. The molecule has 11 N–H and O–H groups in total. The minimum Gasteiger partial charge on any atom is -0.494 e. The number of unbranched alkanes of at least 4 members (excludes halogenated alkanes) is 5. The van der Waals surface area contributed by atoms with E-state index in [2.05, 4.69) is 37.5 Å². The number of ether oxygens (including phenoxy) is 1. The summed E-state index contributed by atoms with van der Waals surface area (Å²) in [5, 5.41) is 45.8. The summed E-state index contributed by atoms with van der Waals surface area (Å²) in [5.41, 5.74) is 6.63. The number of benzene rings is 1. The van der Waals surface area contributed by atoms with Crippen molar-refractivity contribution in [3.05, 3.63) is 23.8 Å². The van der Waals surface area contributed by atoms with Gasteiger partial charge in [-0.2, -0.15) is 0 Å². The lowest BCUT2D eigenvalue weighted by molar-refractivity contribution is -0.145. The van der Waals surface area contributed by atoms with E-state index >= 15 is 0 Å². The van der Waals surface area contributed by atoms with Crippen LogP contribution in [0.25, 0.3) is 10.9 Å². The lowest BCUT2D eigenvalue weighted by Gasteiger charge is -2.32. The third-order valence-electron chi connectivity index (χ3n) is 14.6. The highest BCUT2D eigenvalue weighted by Gasteiger charge is 2.45. The number of ketones is 3. The monoisotopic (exact) mass is 1090 g/mol. The molecule has 3 aliphatic rings. The smallest absolute Gasteiger partial charge is 0.243 e. The lowest BCUT2D eigenvalue weighted by atomic mass is 9.85. The van der Waals surface area contributed by atoms with Gasteiger partial charge in [-0.1, -0.05) is 46.5 Å². The highest BCUT2D eigenvalue weighted by atomic mass is 32.2. The summed E-state index contributed by atoms with van der Waals surface area (Å²) in [6.45, 7) is 2.75. The first-order chi connectivity index (χ1) is 36.7. The molecule has 0 spiro atoms. The molecule has 77 heavy (non-hydrogen) atoms. The van der Waals surface area contributed by atoms with E-state index in [0.29, 0.717) is 66.0 Å². The minimum atomic E-state index is -1.60. The first-order valence-electron chi connectivity index (χ1n) is 26.7. The second-order valence-corrected chi connectivity index (χ2v) is 21.5. The van der Waals surface area contributed by atoms with Crippen LogP contribution in [-0.2, 0) is 54.4 Å². The Morgan fingerprint density at radius 3 is 2.26 bits per heavy atom. The molecule has 0 radical (unpaired) electrons. The molecule has 1 fully saturated rings. The summed E-state index contributed by atoms with van der Waals surface area (Å²) >= 11 is 1.07. The van der Waals surface area contributed by atoms with E-state index in [4.69, 9.17) is 16.9 Å². The number of aromatic nitrogens is 1. The van der Waals surface area contributed by atoms with Gasteiger partial charge in [-0.15, -0.1) is 24.1 Å². The van der Waals surface area contributed by atoms with Gasteiger partial charge in [0.05, 0.1) is 67.1 Å². The summed E-state index contributed by atoms with van der Waals surface area (Å²) < 4.78 is 6.15. The fourth-order valence-corrected chi connectivity index (χ4v) is 11.0. The van der Waals surface area contributed by atoms with Crippen LogP contribution < -0.4 is 37.1 Å². The first-order valence-corrected chi connectivity index (χ1v) is 27.6. The number of amides is 7. The van der Waals surface area contributed by atoms with E-state index in [0.717, 1.165) is 48.8 Å². The van der Waals surface area contributed by atoms with Crippen molar-refractivity contribution in [2.24, 2.45) is 29.4 Å². The molecule has 22 nitrogen and oxygen atoms in total. The maximum Gasteiger partial charge on any atom is 0.243 e. The van der Waals surface area contributed by atoms with Gasteiger partial charge in [0.15, 0.2) is 11.6 Å². The number of aromatic amines is 1. The number of nitrogens with zero attached hydrogens (tertiary/aromatic N) is 1. The second-order valence-electron chi connectivity index (χ2n) is 20.5. The van der Waals surface area contributed by atoms with Gasteiger partial charge in [-0.3, -0.25) is 47.9 Å². The van der Waals surface area contributed by atoms with Crippen molar-refractivity contribution in [2.45, 2.75) is 158 Å². The number of rotatable bonds is 19. The number of nitrogens with one attached hydrogen (secondary N) is 6. The quantitative estimate of drug-likeness (QED) is 0.0682. The highest BCUT2D eigenvalue weighted by molar-refractivity contribution is 7.99. The van der Waals surface area contributed by atoms with Gasteiger partial charge in [0, 0.05) is 80.5 Å². The normalized spacial score (nSPS) is 24.7. The fraction of sp³-hybridized carbons (Fsp3) is 0.630. The maximum absolute atomic E-state index is 14.8. The number of Topliss-reactive ketones (excluding diaryl/α,β-unsaturated/α-hetero) is 3. The van der Waals surface area contributed by atoms with E-state index in [1.807, 2.05) is 0 Å². The Morgan fingerprint density at radius 1 is 0.870 bits per heavy atom. The second kappa shape index (κ2) is 30.0. The maximum atomic E-state index is 14.8. The molecule has 4 heterocycles. The number of hydrogen-bond acceptors (Lipinski definition) is 15. The molecule has 2 bridgehead atoms. The van der Waals surface area contributed by atoms with E-state index in [1.54, 1.807) is 32.0 Å². The van der Waals surface area contributed by atoms with Gasteiger partial charge in [0.1, 0.15) is 23.6 Å². The van der Waals surface area contributed by atoms with Gasteiger partial charge < -0.3 is 62.3 Å². The summed E-state index contributed by atoms with van der Waals surface area (Å²) in [6.07, 6.45) is 6.90. The van der Waals surface area contributed by atoms with Gasteiger partial charge in [0.2, 0.25) is 41.4 Å². The number of nitrogens with two attached hydrogens (primary N) is 1. The summed E-state index contributed by atoms with van der Waals surface area (Å²) in [4.78, 5) is 143. The van der Waals surface area contributed by atoms with Gasteiger partial charge in [0.25, 0.3) is 0 Å². The Kier molecular flexibility index (Phi) is 23.9. The van der Waals surface area contributed by atoms with Crippen molar-refractivity contribution in [2.75, 3.05) is 38.6 Å². The zero-order valence-corrected chi connectivity index (χ0v) is 45.0. The Bertz CT molecular complexity index is 2510. The number of carbonyl (C=O) groups is 10. The van der Waals surface area contributed by atoms with E-state index in [9.17, 15) is 63.3 Å². The summed E-state index contributed by atoms with van der Waals surface area (Å²) in [6, 6.07) is -0.391. The third kappa shape index (κ3) is 17.8. The molecule has 2 aromatic rings. The van der Waals surface area contributed by atoms with Crippen LogP contribution in [0.15, 0.2) is 23.2 Å². The Balaban J connectivity index is 1.58. The predicted octanol–water partition coefficient (Wildman–Crippen LogP) is 0.632. The zero-order valence-electron chi connectivity index (χ0n) is 44.2. The van der Waals surface area contributed by atoms with Crippen molar-refractivity contribution in [1.82, 2.24) is 36.5 Å². The minimum absolute atomic E-state index is 0.198. The summed E-state index contributed by atoms with van der Waals surface area (Å²) in [5.74, 6) is -8.81. The Morgan fingerprint density at radius 2 is 1.56 bits per heavy atom. The van der Waals surface area contributed by atoms with Gasteiger partial charge in [-0.25, -0.2) is 0 Å². The van der Waals surface area contributed by atoms with Crippen LogP contribution in [0.3, 0.4) is 0 Å². The van der Waals surface area contributed by atoms with Gasteiger partial charge >= 0.3 is 0 Å². The molecule has 1 aromatic carbocycles. The van der Waals surface area contributed by atoms with Crippen molar-refractivity contribution in [3.63, 3.8) is 0 Å². The third-order valence-corrected chi connectivity index (χ3v) is 15.7. The molecule has 0 unspecified atom stereocenters. The van der Waals surface area contributed by atoms with E-state index in [-0.39, 0.29) is 24.4 Å². The van der Waals surface area contributed by atoms with Crippen LogP contribution in [0.5, 0.6) is 5.75 Å². The fourth-order valence-electron chi connectivity index (χ4n) is 9.86. The highest BCUT2D eigenvalue weighted by Crippen LogP contribution is 2.36. The first kappa shape index (κ1) is 61.5. The average molecular weight is 1090 g/mol. The Labute approximate surface area is 452 Å². The number of terminal acetylenes is 1. The number of primary amides is 1. The molecular formula is C54H76N8O14S. The average Bonchev–Trinajstić information content (AvgIpc) is 3.98. The SMILES string of the molecule is C#CCCCC(=O)CCCCCCCOc1ccc2c3c([nH]c2c1)SC[C@@H]1NC(=O)CNC(=O)[C@H]([C@@H](C)CC)NC(=O)CNC(=O)[C@H](CC(=O)[C@H]([C@@H](C)[C@@H](O)CO)NC(=O)[C@@H]2C[C@@H](O)CN2C(=O)[C@H](CC(N)=O)CC1=O)C3. The molecule has 5 rings (SSSR count). The Hall–Kier alpha value is -6.35. The van der Waals surface area contributed by atoms with Crippen LogP contribution in [-0.4, -0.2) is 159 Å². The molecule has 0 saturated carbocycles. The standard InChI is InChI=1S/C54H76N8O14S/c1-5-7-11-14-34(64)15-12-9-8-10-13-18-76-36-16-17-37-38-19-32-20-43(67)49(31(4)44(68)28-63)61-51(73)41-23-35(65)27-62(41)54(75)33(22-45(55)69)21-42(66)40(29-77-53(38)59-39(37)24-36)58-46(70)25-57-52(74)48(30(3)6-2)60-47(71)26-56-50(32)72/h1,16-17,24,30-33,35,40-41,44,48-49,59,63,65,68H,6-15,18-23,25-29H2,2-4H3,(H2,55,69)(H,56,72)(H,57,74)(H,58,70)(H,60,71)(H,61,73)/t30-,31-,32-,33-,35+,40-,41-,44-,48-,49-/m0/s1. The molecule has 3 aliphatic heterocycles. The number of fused-ring (bicyclic) bond motifs is 5. The molecular weight excluding hydrogens is 1020 g/mol. The van der Waals surface area contributed by atoms with E-state index in [1.165, 1.54) is 6.92 Å². The largest absolute Gasteiger partial charge is 0.494 e. The van der Waals surface area contributed by atoms with Crippen molar-refractivity contribution >= 4 is 81.4 Å². The van der Waals surface area contributed by atoms with Crippen LogP contribution in [0.2, 0.25) is 0 Å². The van der Waals surface area contributed by atoms with Gasteiger partial charge in [-0.05, 0) is 49.3 Å². The number of thioether (sulfide) groups is 1. The van der Waals surface area contributed by atoms with Crippen LogP contribution in [0.1, 0.15) is 116 Å². The number of aliphatic hydroxyl groups excluding tert-OH is 3. The molecule has 23 heteroatoms. The molecule has 1 saturated heterocycles. The number of H-pyrrole nitrogens is 1. The number of hydrogen-bond donors (Lipinski definition) is 10. The van der Waals surface area contributed by atoms with Crippen molar-refractivity contribution < 1.29 is 68.0 Å². The van der Waals surface area contributed by atoms with Crippen molar-refractivity contribution in [1.29, 1.82) is 0 Å². The van der Waals surface area contributed by atoms with E-state index < -0.39 is 158 Å². The van der Waals surface area contributed by atoms with Crippen molar-refractivity contribution in [3.8, 4) is 18.1 Å².